The molecular formula is C25H20ClN3O4. The van der Waals surface area contributed by atoms with Gasteiger partial charge in [0.25, 0.3) is 5.91 Å². The number of carboxylic acid groups (broad SMARTS) is 1. The number of hydrogen-bond donors (Lipinski definition) is 4. The van der Waals surface area contributed by atoms with Crippen LogP contribution in [-0.2, 0) is 5.60 Å². The van der Waals surface area contributed by atoms with Crippen molar-refractivity contribution in [1.29, 1.82) is 0 Å². The van der Waals surface area contributed by atoms with Gasteiger partial charge in [-0.3, -0.25) is 9.89 Å². The maximum Gasteiger partial charge on any atom is 0.336 e. The number of aromatic carboxylic acids is 1. The molecule has 4 aromatic rings. The van der Waals surface area contributed by atoms with Gasteiger partial charge < -0.3 is 15.5 Å². The monoisotopic (exact) mass is 461 g/mol. The zero-order chi connectivity index (χ0) is 23.4. The predicted molar refractivity (Wildman–Crippen MR) is 124 cm³/mol. The van der Waals surface area contributed by atoms with Crippen LogP contribution >= 0.6 is 11.6 Å². The fourth-order valence-electron chi connectivity index (χ4n) is 3.61. The molecule has 0 aliphatic heterocycles. The number of benzene rings is 3. The lowest BCUT2D eigenvalue weighted by atomic mass is 9.85. The van der Waals surface area contributed by atoms with Crippen molar-refractivity contribution in [3.63, 3.8) is 0 Å². The Kier molecular flexibility index (Phi) is 6.26. The number of nitrogens with one attached hydrogen (secondary N) is 2. The second kappa shape index (κ2) is 9.28. The van der Waals surface area contributed by atoms with Crippen LogP contribution in [-0.4, -0.2) is 38.8 Å². The summed E-state index contributed by atoms with van der Waals surface area (Å²) in [6.07, 6.45) is 3.46. The molecule has 33 heavy (non-hydrogen) atoms. The molecule has 4 rings (SSSR count). The van der Waals surface area contributed by atoms with Crippen LogP contribution in [0.5, 0.6) is 0 Å². The first-order valence-electron chi connectivity index (χ1n) is 10.1. The molecule has 0 aliphatic rings. The number of aromatic amines is 1. The van der Waals surface area contributed by atoms with Crippen molar-refractivity contribution in [1.82, 2.24) is 15.5 Å². The van der Waals surface area contributed by atoms with Crippen LogP contribution < -0.4 is 5.32 Å². The zero-order valence-corrected chi connectivity index (χ0v) is 18.1. The highest BCUT2D eigenvalue weighted by molar-refractivity contribution is 6.30. The van der Waals surface area contributed by atoms with Gasteiger partial charge in [-0.05, 0) is 41.0 Å². The molecule has 0 radical (unpaired) electrons. The van der Waals surface area contributed by atoms with Crippen molar-refractivity contribution >= 4 is 23.5 Å². The number of carbonyl (C=O) groups is 2. The molecule has 1 aromatic heterocycles. The lowest BCUT2D eigenvalue weighted by Gasteiger charge is -2.30. The number of aromatic nitrogens is 2. The van der Waals surface area contributed by atoms with Crippen molar-refractivity contribution in [3.8, 4) is 11.1 Å². The van der Waals surface area contributed by atoms with Gasteiger partial charge in [0.2, 0.25) is 0 Å². The Hall–Kier alpha value is -3.94. The molecule has 8 heteroatoms. The summed E-state index contributed by atoms with van der Waals surface area (Å²) in [7, 11) is 0. The van der Waals surface area contributed by atoms with Gasteiger partial charge in [-0.1, -0.05) is 60.1 Å². The van der Waals surface area contributed by atoms with E-state index in [9.17, 15) is 19.8 Å². The van der Waals surface area contributed by atoms with E-state index in [0.717, 1.165) is 11.1 Å². The molecule has 0 saturated carbocycles. The highest BCUT2D eigenvalue weighted by atomic mass is 35.5. The standard InChI is InChI=1S/C25H20ClN3O4/c26-20-11-9-19(10-12-20)25(33,18-7-5-16(6-8-18)17-13-28-29-14-17)15-27-23(30)21-3-1-2-4-22(21)24(31)32/h1-14,33H,15H2,(H,27,30)(H,28,29)(H,31,32). The molecule has 4 N–H and O–H groups in total. The molecule has 0 aliphatic carbocycles. The third kappa shape index (κ3) is 4.64. The van der Waals surface area contributed by atoms with Crippen LogP contribution in [0, 0.1) is 0 Å². The molecule has 7 nitrogen and oxygen atoms in total. The van der Waals surface area contributed by atoms with E-state index in [1.165, 1.54) is 12.1 Å². The fraction of sp³-hybridized carbons (Fsp3) is 0.0800. The highest BCUT2D eigenvalue weighted by Crippen LogP contribution is 2.32. The maximum absolute atomic E-state index is 12.8. The number of amides is 1. The maximum atomic E-state index is 12.8. The van der Waals surface area contributed by atoms with E-state index >= 15 is 0 Å². The second-order valence-corrected chi connectivity index (χ2v) is 7.90. The van der Waals surface area contributed by atoms with Gasteiger partial charge in [0.05, 0.1) is 23.9 Å². The summed E-state index contributed by atoms with van der Waals surface area (Å²) in [6, 6.07) is 19.8. The summed E-state index contributed by atoms with van der Waals surface area (Å²) < 4.78 is 0. The summed E-state index contributed by atoms with van der Waals surface area (Å²) in [5.41, 5.74) is 1.18. The number of nitrogens with zero attached hydrogens (tertiary/aromatic N) is 1. The SMILES string of the molecule is O=C(O)c1ccccc1C(=O)NCC(O)(c1ccc(Cl)cc1)c1ccc(-c2cn[nH]c2)cc1. The minimum atomic E-state index is -1.59. The summed E-state index contributed by atoms with van der Waals surface area (Å²) in [6.45, 7) is -0.188. The first kappa shape index (κ1) is 22.3. The molecule has 166 valence electrons. The minimum Gasteiger partial charge on any atom is -0.478 e. The fourth-order valence-corrected chi connectivity index (χ4v) is 3.74. The van der Waals surface area contributed by atoms with E-state index in [2.05, 4.69) is 15.5 Å². The third-order valence-corrected chi connectivity index (χ3v) is 5.67. The molecule has 1 heterocycles. The number of carbonyl (C=O) groups excluding carboxylic acids is 1. The summed E-state index contributed by atoms with van der Waals surface area (Å²) >= 11 is 6.02. The summed E-state index contributed by atoms with van der Waals surface area (Å²) in [4.78, 5) is 24.3. The van der Waals surface area contributed by atoms with Gasteiger partial charge in [-0.2, -0.15) is 5.10 Å². The normalized spacial score (nSPS) is 12.7. The molecule has 0 fully saturated rings. The number of halogens is 1. The van der Waals surface area contributed by atoms with Gasteiger partial charge in [0, 0.05) is 16.8 Å². The molecule has 0 saturated heterocycles. The molecule has 1 atom stereocenters. The van der Waals surface area contributed by atoms with Crippen molar-refractivity contribution in [2.45, 2.75) is 5.60 Å². The van der Waals surface area contributed by atoms with Crippen LogP contribution in [0.4, 0.5) is 0 Å². The largest absolute Gasteiger partial charge is 0.478 e. The number of hydrogen-bond acceptors (Lipinski definition) is 4. The van der Waals surface area contributed by atoms with Crippen molar-refractivity contribution in [2.24, 2.45) is 0 Å². The van der Waals surface area contributed by atoms with Gasteiger partial charge in [-0.15, -0.1) is 0 Å². The Balaban J connectivity index is 1.66. The summed E-state index contributed by atoms with van der Waals surface area (Å²) in [5.74, 6) is -1.81. The van der Waals surface area contributed by atoms with Crippen LogP contribution in [0.25, 0.3) is 11.1 Å². The third-order valence-electron chi connectivity index (χ3n) is 5.42. The van der Waals surface area contributed by atoms with Gasteiger partial charge in [0.15, 0.2) is 0 Å². The second-order valence-electron chi connectivity index (χ2n) is 7.46. The molecule has 0 bridgehead atoms. The van der Waals surface area contributed by atoms with E-state index < -0.39 is 17.5 Å². The van der Waals surface area contributed by atoms with E-state index in [1.807, 2.05) is 12.1 Å². The highest BCUT2D eigenvalue weighted by Gasteiger charge is 2.33. The Morgan fingerprint density at radius 1 is 0.909 bits per heavy atom. The van der Waals surface area contributed by atoms with Crippen LogP contribution in [0.3, 0.4) is 0 Å². The van der Waals surface area contributed by atoms with Crippen molar-refractivity contribution < 1.29 is 19.8 Å². The van der Waals surface area contributed by atoms with E-state index in [0.29, 0.717) is 16.1 Å². The van der Waals surface area contributed by atoms with Crippen LogP contribution in [0.15, 0.2) is 85.2 Å². The van der Waals surface area contributed by atoms with Crippen LogP contribution in [0.2, 0.25) is 5.02 Å². The van der Waals surface area contributed by atoms with E-state index in [-0.39, 0.29) is 17.7 Å². The molecule has 3 aromatic carbocycles. The van der Waals surface area contributed by atoms with Crippen LogP contribution in [0.1, 0.15) is 31.8 Å². The Morgan fingerprint density at radius 2 is 1.52 bits per heavy atom. The number of aliphatic hydroxyl groups is 1. The van der Waals surface area contributed by atoms with E-state index in [1.54, 1.807) is 60.9 Å². The molecule has 1 unspecified atom stereocenters. The van der Waals surface area contributed by atoms with Gasteiger partial charge >= 0.3 is 5.97 Å². The van der Waals surface area contributed by atoms with Crippen molar-refractivity contribution in [2.75, 3.05) is 6.54 Å². The predicted octanol–water partition coefficient (Wildman–Crippen LogP) is 4.09. The quantitative estimate of drug-likeness (QED) is 0.331. The average Bonchev–Trinajstić information content (AvgIpc) is 3.38. The molecule has 1 amide bonds. The van der Waals surface area contributed by atoms with Gasteiger partial charge in [-0.25, -0.2) is 4.79 Å². The molecule has 0 spiro atoms. The lowest BCUT2D eigenvalue weighted by molar-refractivity contribution is 0.0672. The van der Waals surface area contributed by atoms with Crippen molar-refractivity contribution in [3.05, 3.63) is 112 Å². The van der Waals surface area contributed by atoms with Gasteiger partial charge in [0.1, 0.15) is 5.60 Å². The number of H-pyrrole nitrogens is 1. The van der Waals surface area contributed by atoms with E-state index in [4.69, 9.17) is 11.6 Å². The molecular weight excluding hydrogens is 442 g/mol. The Bertz CT molecular complexity index is 1270. The number of rotatable bonds is 7. The average molecular weight is 462 g/mol. The minimum absolute atomic E-state index is 0.0127. The first-order chi connectivity index (χ1) is 15.9. The topological polar surface area (TPSA) is 115 Å². The lowest BCUT2D eigenvalue weighted by Crippen LogP contribution is -2.42. The Morgan fingerprint density at radius 3 is 2.09 bits per heavy atom. The zero-order valence-electron chi connectivity index (χ0n) is 17.3. The smallest absolute Gasteiger partial charge is 0.336 e. The first-order valence-corrected chi connectivity index (χ1v) is 10.4. The Labute approximate surface area is 194 Å². The summed E-state index contributed by atoms with van der Waals surface area (Å²) in [5, 5.41) is 31.0. The number of carboxylic acids is 1.